The first-order chi connectivity index (χ1) is 9.13. The second-order valence-corrected chi connectivity index (χ2v) is 5.00. The minimum atomic E-state index is 0.258. The van der Waals surface area contributed by atoms with Crippen molar-refractivity contribution in [3.05, 3.63) is 58.7 Å². The van der Waals surface area contributed by atoms with E-state index < -0.39 is 0 Å². The molecule has 0 atom stereocenters. The normalized spacial score (nSPS) is 15.1. The zero-order valence-corrected chi connectivity index (χ0v) is 12.6. The third-order valence-electron chi connectivity index (χ3n) is 2.92. The summed E-state index contributed by atoms with van der Waals surface area (Å²) < 4.78 is 11.2. The molecular weight excluding hydrogens is 306 g/mol. The minimum Gasteiger partial charge on any atom is -0.468 e. The van der Waals surface area contributed by atoms with Crippen molar-refractivity contribution in [2.45, 2.75) is 0 Å². The Balaban J connectivity index is 2.21. The summed E-state index contributed by atoms with van der Waals surface area (Å²) in [5.74, 6) is 0.792. The first-order valence-corrected chi connectivity index (χ1v) is 6.65. The van der Waals surface area contributed by atoms with Crippen molar-refractivity contribution in [3.8, 4) is 5.75 Å². The molecule has 3 nitrogen and oxygen atoms in total. The van der Waals surface area contributed by atoms with Crippen molar-refractivity contribution in [1.29, 1.82) is 0 Å². The molecule has 0 fully saturated rings. The Kier molecular flexibility index (Phi) is 4.45. The van der Waals surface area contributed by atoms with E-state index in [0.29, 0.717) is 0 Å². The van der Waals surface area contributed by atoms with Crippen LogP contribution in [0.25, 0.3) is 5.70 Å². The van der Waals surface area contributed by atoms with E-state index in [2.05, 4.69) is 33.5 Å². The van der Waals surface area contributed by atoms with Crippen molar-refractivity contribution >= 4 is 21.6 Å². The highest BCUT2D eigenvalue weighted by Gasteiger charge is 2.15. The molecule has 1 aliphatic rings. The Morgan fingerprint density at radius 2 is 1.89 bits per heavy atom. The van der Waals surface area contributed by atoms with Gasteiger partial charge in [-0.1, -0.05) is 6.58 Å². The fraction of sp³-hybridized carbons (Fsp3) is 0.200. The van der Waals surface area contributed by atoms with Crippen LogP contribution in [0.4, 0.5) is 0 Å². The van der Waals surface area contributed by atoms with Crippen molar-refractivity contribution in [2.75, 3.05) is 21.0 Å². The van der Waals surface area contributed by atoms with Crippen LogP contribution >= 0.6 is 15.9 Å². The number of benzene rings is 1. The summed E-state index contributed by atoms with van der Waals surface area (Å²) in [6, 6.07) is 7.90. The monoisotopic (exact) mass is 321 g/mol. The van der Waals surface area contributed by atoms with Crippen molar-refractivity contribution in [3.63, 3.8) is 0 Å². The maximum absolute atomic E-state index is 5.37. The van der Waals surface area contributed by atoms with Gasteiger partial charge in [-0.05, 0) is 57.9 Å². The molecule has 0 radical (unpaired) electrons. The van der Waals surface area contributed by atoms with E-state index in [-0.39, 0.29) is 6.79 Å². The molecule has 19 heavy (non-hydrogen) atoms. The molecule has 4 heteroatoms. The Labute approximate surface area is 121 Å². The average molecular weight is 322 g/mol. The molecule has 0 N–H and O–H groups in total. The van der Waals surface area contributed by atoms with Crippen LogP contribution in [0.3, 0.4) is 0 Å². The summed E-state index contributed by atoms with van der Waals surface area (Å²) in [6.07, 6.45) is 4.07. The van der Waals surface area contributed by atoms with E-state index >= 15 is 0 Å². The highest BCUT2D eigenvalue weighted by atomic mass is 79.9. The molecule has 0 saturated heterocycles. The third kappa shape index (κ3) is 3.08. The van der Waals surface area contributed by atoms with E-state index in [1.54, 1.807) is 7.11 Å². The maximum atomic E-state index is 5.37. The number of hydrogen-bond donors (Lipinski definition) is 0. The van der Waals surface area contributed by atoms with Crippen LogP contribution in [-0.4, -0.2) is 25.9 Å². The molecule has 0 saturated carbocycles. The maximum Gasteiger partial charge on any atom is 0.188 e. The van der Waals surface area contributed by atoms with Crippen LogP contribution < -0.4 is 4.74 Å². The molecule has 0 aliphatic carbocycles. The second-order valence-electron chi connectivity index (χ2n) is 4.15. The zero-order valence-electron chi connectivity index (χ0n) is 11.0. The highest BCUT2D eigenvalue weighted by Crippen LogP contribution is 2.32. The summed E-state index contributed by atoms with van der Waals surface area (Å²) in [5.41, 5.74) is 3.16. The Morgan fingerprint density at radius 1 is 1.21 bits per heavy atom. The Bertz CT molecular complexity index is 532. The van der Waals surface area contributed by atoms with Gasteiger partial charge in [-0.15, -0.1) is 0 Å². The van der Waals surface area contributed by atoms with Gasteiger partial charge in [-0.25, -0.2) is 0 Å². The molecule has 0 spiro atoms. The van der Waals surface area contributed by atoms with Gasteiger partial charge in [0.1, 0.15) is 5.75 Å². The van der Waals surface area contributed by atoms with Crippen molar-refractivity contribution < 1.29 is 9.47 Å². The van der Waals surface area contributed by atoms with Gasteiger partial charge < -0.3 is 14.4 Å². The largest absolute Gasteiger partial charge is 0.468 e. The predicted octanol–water partition coefficient (Wildman–Crippen LogP) is 3.75. The summed E-state index contributed by atoms with van der Waals surface area (Å²) >= 11 is 3.48. The van der Waals surface area contributed by atoms with E-state index in [1.165, 1.54) is 0 Å². The van der Waals surface area contributed by atoms with E-state index in [4.69, 9.17) is 9.47 Å². The summed E-state index contributed by atoms with van der Waals surface area (Å²) in [7, 11) is 3.60. The van der Waals surface area contributed by atoms with Crippen molar-refractivity contribution in [2.24, 2.45) is 0 Å². The first kappa shape index (κ1) is 13.9. The molecule has 1 heterocycles. The number of nitrogens with zero attached hydrogens (tertiary/aromatic N) is 1. The lowest BCUT2D eigenvalue weighted by molar-refractivity contribution is 0.0511. The second kappa shape index (κ2) is 6.08. The van der Waals surface area contributed by atoms with Crippen molar-refractivity contribution in [1.82, 2.24) is 4.90 Å². The molecule has 100 valence electrons. The number of hydrogen-bond acceptors (Lipinski definition) is 3. The lowest BCUT2D eigenvalue weighted by Crippen LogP contribution is -2.17. The number of methoxy groups -OCH3 is 1. The van der Waals surface area contributed by atoms with Gasteiger partial charge >= 0.3 is 0 Å². The van der Waals surface area contributed by atoms with Gasteiger partial charge in [0.05, 0.1) is 0 Å². The molecule has 1 aromatic carbocycles. The molecule has 0 aromatic heterocycles. The van der Waals surface area contributed by atoms with E-state index in [9.17, 15) is 0 Å². The standard InChI is InChI=1S/C15H16BrNO2/c1-11-14(16)8-9-15(17(11)2)12-4-6-13(7-5-12)19-10-18-3/h4-9H,1,10H2,2-3H3. The topological polar surface area (TPSA) is 21.7 Å². The van der Waals surface area contributed by atoms with E-state index in [0.717, 1.165) is 27.2 Å². The average Bonchev–Trinajstić information content (AvgIpc) is 2.44. The molecule has 2 rings (SSSR count). The van der Waals surface area contributed by atoms with Crippen LogP contribution in [0.1, 0.15) is 5.56 Å². The SMILES string of the molecule is C=C1C(Br)=CC=C(c2ccc(OCOC)cc2)N1C. The summed E-state index contributed by atoms with van der Waals surface area (Å²) in [4.78, 5) is 2.05. The zero-order chi connectivity index (χ0) is 13.8. The Hall–Kier alpha value is -1.52. The Morgan fingerprint density at radius 3 is 2.53 bits per heavy atom. The van der Waals surface area contributed by atoms with Crippen LogP contribution in [0.5, 0.6) is 5.75 Å². The van der Waals surface area contributed by atoms with E-state index in [1.807, 2.05) is 37.4 Å². The number of likely N-dealkylation sites (N-methyl/N-ethyl adjacent to an activating group) is 1. The molecule has 0 bridgehead atoms. The smallest absolute Gasteiger partial charge is 0.188 e. The lowest BCUT2D eigenvalue weighted by Gasteiger charge is -2.27. The van der Waals surface area contributed by atoms with Gasteiger partial charge in [0.25, 0.3) is 0 Å². The van der Waals surface area contributed by atoms with Gasteiger partial charge in [-0.2, -0.15) is 0 Å². The van der Waals surface area contributed by atoms with Crippen LogP contribution in [0, 0.1) is 0 Å². The number of halogens is 1. The fourth-order valence-electron chi connectivity index (χ4n) is 1.80. The molecular formula is C15H16BrNO2. The lowest BCUT2D eigenvalue weighted by atomic mass is 10.1. The van der Waals surface area contributed by atoms with Gasteiger partial charge in [0, 0.05) is 30.0 Å². The number of allylic oxidation sites excluding steroid dienone is 3. The van der Waals surface area contributed by atoms with Gasteiger partial charge in [0.15, 0.2) is 6.79 Å². The minimum absolute atomic E-state index is 0.258. The van der Waals surface area contributed by atoms with Crippen LogP contribution in [0.15, 0.2) is 53.2 Å². The molecule has 0 unspecified atom stereocenters. The predicted molar refractivity (Wildman–Crippen MR) is 80.8 cm³/mol. The third-order valence-corrected chi connectivity index (χ3v) is 3.64. The molecule has 1 aromatic rings. The van der Waals surface area contributed by atoms with Gasteiger partial charge in [-0.3, -0.25) is 0 Å². The van der Waals surface area contributed by atoms with Crippen LogP contribution in [0.2, 0.25) is 0 Å². The fourth-order valence-corrected chi connectivity index (χ4v) is 2.20. The number of rotatable bonds is 4. The first-order valence-electron chi connectivity index (χ1n) is 5.86. The quantitative estimate of drug-likeness (QED) is 0.788. The summed E-state index contributed by atoms with van der Waals surface area (Å²) in [5, 5.41) is 0. The van der Waals surface area contributed by atoms with Crippen LogP contribution in [-0.2, 0) is 4.74 Å². The number of ether oxygens (including phenoxy) is 2. The molecule has 1 aliphatic heterocycles. The summed E-state index contributed by atoms with van der Waals surface area (Å²) in [6.45, 7) is 4.30. The molecule has 0 amide bonds. The van der Waals surface area contributed by atoms with Gasteiger partial charge in [0.2, 0.25) is 0 Å². The highest BCUT2D eigenvalue weighted by molar-refractivity contribution is 9.12.